The number of rotatable bonds is 2. The highest BCUT2D eigenvalue weighted by molar-refractivity contribution is 5.67. The lowest BCUT2D eigenvalue weighted by Gasteiger charge is -2.31. The zero-order valence-electron chi connectivity index (χ0n) is 10.3. The molecule has 0 spiro atoms. The fourth-order valence-corrected chi connectivity index (χ4v) is 2.18. The van der Waals surface area contributed by atoms with Gasteiger partial charge in [0.1, 0.15) is 11.5 Å². The molecule has 88 valence electrons. The van der Waals surface area contributed by atoms with Crippen molar-refractivity contribution in [3.05, 3.63) is 17.7 Å². The summed E-state index contributed by atoms with van der Waals surface area (Å²) in [6, 6.07) is 4.03. The molecule has 0 saturated carbocycles. The molecule has 1 heterocycles. The Morgan fingerprint density at radius 1 is 1.19 bits per heavy atom. The van der Waals surface area contributed by atoms with Crippen LogP contribution in [0.1, 0.15) is 25.3 Å². The predicted octanol–water partition coefficient (Wildman–Crippen LogP) is 2.87. The van der Waals surface area contributed by atoms with Crippen LogP contribution in [-0.4, -0.2) is 20.8 Å². The summed E-state index contributed by atoms with van der Waals surface area (Å²) in [5.74, 6) is 2.89. The molecule has 0 amide bonds. The molecule has 1 N–H and O–H groups in total. The maximum atomic E-state index is 5.40. The normalized spacial score (nSPS) is 23.2. The van der Waals surface area contributed by atoms with E-state index in [-0.39, 0.29) is 0 Å². The molecule has 0 aromatic heterocycles. The van der Waals surface area contributed by atoms with Crippen molar-refractivity contribution >= 4 is 5.69 Å². The van der Waals surface area contributed by atoms with Crippen LogP contribution in [0.15, 0.2) is 12.1 Å². The van der Waals surface area contributed by atoms with Crippen molar-refractivity contribution in [2.45, 2.75) is 19.8 Å². The third kappa shape index (κ3) is 1.70. The summed E-state index contributed by atoms with van der Waals surface area (Å²) in [6.45, 7) is 5.51. The van der Waals surface area contributed by atoms with Crippen molar-refractivity contribution in [2.75, 3.05) is 26.1 Å². The minimum Gasteiger partial charge on any atom is -0.497 e. The summed E-state index contributed by atoms with van der Waals surface area (Å²) in [5, 5.41) is 3.43. The van der Waals surface area contributed by atoms with Gasteiger partial charge in [-0.3, -0.25) is 0 Å². The van der Waals surface area contributed by atoms with Crippen molar-refractivity contribution in [1.82, 2.24) is 0 Å². The Kier molecular flexibility index (Phi) is 2.95. The molecule has 3 heteroatoms. The molecule has 16 heavy (non-hydrogen) atoms. The molecule has 0 bridgehead atoms. The monoisotopic (exact) mass is 221 g/mol. The number of benzene rings is 1. The first-order chi connectivity index (χ1) is 7.67. The second kappa shape index (κ2) is 4.24. The summed E-state index contributed by atoms with van der Waals surface area (Å²) in [5.41, 5.74) is 2.41. The highest BCUT2D eigenvalue weighted by Crippen LogP contribution is 2.42. The highest BCUT2D eigenvalue weighted by atomic mass is 16.5. The summed E-state index contributed by atoms with van der Waals surface area (Å²) in [7, 11) is 3.38. The molecule has 3 nitrogen and oxygen atoms in total. The first kappa shape index (κ1) is 11.1. The van der Waals surface area contributed by atoms with Crippen LogP contribution in [0.2, 0.25) is 0 Å². The lowest BCUT2D eigenvalue weighted by Crippen LogP contribution is -2.24. The minimum absolute atomic E-state index is 0.528. The molecule has 0 radical (unpaired) electrons. The molecule has 0 aliphatic carbocycles. The average molecular weight is 221 g/mol. The average Bonchev–Trinajstić information content (AvgIpc) is 2.32. The van der Waals surface area contributed by atoms with Gasteiger partial charge in [0.15, 0.2) is 0 Å². The van der Waals surface area contributed by atoms with Gasteiger partial charge in [0.05, 0.1) is 19.9 Å². The second-order valence-corrected chi connectivity index (χ2v) is 4.44. The lowest BCUT2D eigenvalue weighted by atomic mass is 9.84. The van der Waals surface area contributed by atoms with Gasteiger partial charge in [-0.25, -0.2) is 0 Å². The Hall–Kier alpha value is -1.38. The van der Waals surface area contributed by atoms with Crippen LogP contribution in [0.4, 0.5) is 5.69 Å². The fraction of sp³-hybridized carbons (Fsp3) is 0.538. The van der Waals surface area contributed by atoms with Gasteiger partial charge in [-0.05, 0) is 23.5 Å². The van der Waals surface area contributed by atoms with E-state index in [9.17, 15) is 0 Å². The van der Waals surface area contributed by atoms with Crippen molar-refractivity contribution in [2.24, 2.45) is 5.92 Å². The smallest absolute Gasteiger partial charge is 0.145 e. The molecular weight excluding hydrogens is 202 g/mol. The number of ether oxygens (including phenoxy) is 2. The molecule has 1 aromatic carbocycles. The molecule has 1 aromatic rings. The van der Waals surface area contributed by atoms with Crippen LogP contribution in [0.25, 0.3) is 0 Å². The predicted molar refractivity (Wildman–Crippen MR) is 65.6 cm³/mol. The largest absolute Gasteiger partial charge is 0.497 e. The second-order valence-electron chi connectivity index (χ2n) is 4.44. The number of hydrogen-bond donors (Lipinski definition) is 1. The maximum absolute atomic E-state index is 5.40. The fourth-order valence-electron chi connectivity index (χ4n) is 2.18. The molecular formula is C13H19NO2. The van der Waals surface area contributed by atoms with Gasteiger partial charge in [-0.15, -0.1) is 0 Å². The Balaban J connectivity index is 2.52. The summed E-state index contributed by atoms with van der Waals surface area (Å²) < 4.78 is 10.7. The summed E-state index contributed by atoms with van der Waals surface area (Å²) in [4.78, 5) is 0. The van der Waals surface area contributed by atoms with Crippen molar-refractivity contribution < 1.29 is 9.47 Å². The molecule has 2 atom stereocenters. The standard InChI is InChI=1S/C13H19NO2/c1-8-7-14-13-11(9(8)2)5-10(15-3)6-12(13)16-4/h5-6,8-9,14H,7H2,1-4H3. The van der Waals surface area contributed by atoms with E-state index in [4.69, 9.17) is 9.47 Å². The van der Waals surface area contributed by atoms with E-state index in [1.807, 2.05) is 6.07 Å². The Morgan fingerprint density at radius 2 is 1.94 bits per heavy atom. The third-order valence-electron chi connectivity index (χ3n) is 3.51. The van der Waals surface area contributed by atoms with E-state index in [1.165, 1.54) is 5.56 Å². The van der Waals surface area contributed by atoms with Crippen LogP contribution >= 0.6 is 0 Å². The van der Waals surface area contributed by atoms with Crippen molar-refractivity contribution in [3.8, 4) is 11.5 Å². The van der Waals surface area contributed by atoms with Gasteiger partial charge in [-0.2, -0.15) is 0 Å². The summed E-state index contributed by atoms with van der Waals surface area (Å²) in [6.07, 6.45) is 0. The van der Waals surface area contributed by atoms with Crippen LogP contribution in [0.5, 0.6) is 11.5 Å². The molecule has 1 aliphatic rings. The summed E-state index contributed by atoms with van der Waals surface area (Å²) >= 11 is 0. The van der Waals surface area contributed by atoms with Crippen LogP contribution in [0, 0.1) is 5.92 Å². The molecule has 2 rings (SSSR count). The SMILES string of the molecule is COc1cc(OC)c2c(c1)C(C)C(C)CN2. The third-order valence-corrected chi connectivity index (χ3v) is 3.51. The first-order valence-corrected chi connectivity index (χ1v) is 5.67. The quantitative estimate of drug-likeness (QED) is 0.833. The molecule has 2 unspecified atom stereocenters. The van der Waals surface area contributed by atoms with Crippen LogP contribution in [0.3, 0.4) is 0 Å². The minimum atomic E-state index is 0.528. The zero-order chi connectivity index (χ0) is 11.7. The van der Waals surface area contributed by atoms with Gasteiger partial charge in [0.25, 0.3) is 0 Å². The topological polar surface area (TPSA) is 30.5 Å². The van der Waals surface area contributed by atoms with Gasteiger partial charge in [0, 0.05) is 12.6 Å². The number of fused-ring (bicyclic) bond motifs is 1. The molecule has 0 saturated heterocycles. The molecule has 1 aliphatic heterocycles. The van der Waals surface area contributed by atoms with Gasteiger partial charge in [-0.1, -0.05) is 13.8 Å². The van der Waals surface area contributed by atoms with Gasteiger partial charge < -0.3 is 14.8 Å². The highest BCUT2D eigenvalue weighted by Gasteiger charge is 2.25. The Labute approximate surface area is 96.8 Å². The van der Waals surface area contributed by atoms with E-state index in [1.54, 1.807) is 14.2 Å². The number of anilines is 1. The van der Waals surface area contributed by atoms with E-state index >= 15 is 0 Å². The Bertz CT molecular complexity index is 390. The van der Waals surface area contributed by atoms with E-state index in [2.05, 4.69) is 25.2 Å². The number of hydrogen-bond acceptors (Lipinski definition) is 3. The van der Waals surface area contributed by atoms with Crippen LogP contribution < -0.4 is 14.8 Å². The zero-order valence-corrected chi connectivity index (χ0v) is 10.3. The van der Waals surface area contributed by atoms with Gasteiger partial charge >= 0.3 is 0 Å². The van der Waals surface area contributed by atoms with E-state index in [0.29, 0.717) is 11.8 Å². The first-order valence-electron chi connectivity index (χ1n) is 5.67. The molecule has 0 fully saturated rings. The maximum Gasteiger partial charge on any atom is 0.145 e. The van der Waals surface area contributed by atoms with Crippen molar-refractivity contribution in [3.63, 3.8) is 0 Å². The lowest BCUT2D eigenvalue weighted by molar-refractivity contribution is 0.389. The Morgan fingerprint density at radius 3 is 2.56 bits per heavy atom. The van der Waals surface area contributed by atoms with E-state index in [0.717, 1.165) is 23.7 Å². The van der Waals surface area contributed by atoms with Gasteiger partial charge in [0.2, 0.25) is 0 Å². The van der Waals surface area contributed by atoms with Crippen LogP contribution in [-0.2, 0) is 0 Å². The van der Waals surface area contributed by atoms with Crippen molar-refractivity contribution in [1.29, 1.82) is 0 Å². The van der Waals surface area contributed by atoms with E-state index < -0.39 is 0 Å². The number of methoxy groups -OCH3 is 2. The number of nitrogens with one attached hydrogen (secondary N) is 1.